The van der Waals surface area contributed by atoms with Gasteiger partial charge in [0.15, 0.2) is 34.6 Å². The van der Waals surface area contributed by atoms with Crippen LogP contribution in [-0.4, -0.2) is 66.1 Å². The van der Waals surface area contributed by atoms with Gasteiger partial charge in [-0.2, -0.15) is 0 Å². The van der Waals surface area contributed by atoms with E-state index in [0.29, 0.717) is 32.0 Å². The highest BCUT2D eigenvalue weighted by atomic mass is 32.1. The number of hydrogen-bond acceptors (Lipinski definition) is 11. The predicted molar refractivity (Wildman–Crippen MR) is 157 cm³/mol. The molecule has 0 aliphatic carbocycles. The fourth-order valence-corrected chi connectivity index (χ4v) is 6.09. The third-order valence-electron chi connectivity index (χ3n) is 6.36. The molecule has 228 valence electrons. The van der Waals surface area contributed by atoms with E-state index in [1.165, 1.54) is 38.5 Å². The second-order valence-corrected chi connectivity index (χ2v) is 11.6. The SMILES string of the molecule is COc1cc2sc(C(=O)CCC(=O)O)cc2nc1OCCCOc1c(OC)cc2sc(C(=O)C[C@H](C)C(=O)O)cc2c1F. The van der Waals surface area contributed by atoms with E-state index >= 15 is 4.39 Å². The normalized spacial score (nSPS) is 11.8. The number of carbonyl (C=O) groups is 4. The van der Waals surface area contributed by atoms with Crippen LogP contribution in [0.2, 0.25) is 0 Å². The lowest BCUT2D eigenvalue weighted by Gasteiger charge is -2.13. The molecule has 0 spiro atoms. The van der Waals surface area contributed by atoms with Crippen LogP contribution in [0.15, 0.2) is 24.3 Å². The molecular weight excluding hydrogens is 605 g/mol. The Morgan fingerprint density at radius 1 is 0.884 bits per heavy atom. The largest absolute Gasteiger partial charge is 0.493 e. The van der Waals surface area contributed by atoms with Crippen LogP contribution >= 0.6 is 22.7 Å². The van der Waals surface area contributed by atoms with Crippen LogP contribution in [0.5, 0.6) is 23.1 Å². The smallest absolute Gasteiger partial charge is 0.306 e. The summed E-state index contributed by atoms with van der Waals surface area (Å²) >= 11 is 2.24. The molecule has 0 saturated carbocycles. The number of carboxylic acids is 2. The van der Waals surface area contributed by atoms with Crippen molar-refractivity contribution in [2.24, 2.45) is 5.92 Å². The zero-order valence-electron chi connectivity index (χ0n) is 23.4. The number of halogens is 1. The average Bonchev–Trinajstić information content (AvgIpc) is 3.60. The van der Waals surface area contributed by atoms with Gasteiger partial charge in [-0.15, -0.1) is 22.7 Å². The highest BCUT2D eigenvalue weighted by Crippen LogP contribution is 2.40. The van der Waals surface area contributed by atoms with Gasteiger partial charge in [-0.25, -0.2) is 9.37 Å². The second kappa shape index (κ2) is 13.8. The van der Waals surface area contributed by atoms with Gasteiger partial charge >= 0.3 is 11.9 Å². The summed E-state index contributed by atoms with van der Waals surface area (Å²) in [7, 11) is 2.82. The number of carbonyl (C=O) groups excluding carboxylic acids is 2. The molecule has 4 rings (SSSR count). The summed E-state index contributed by atoms with van der Waals surface area (Å²) in [5.74, 6) is -3.82. The molecule has 0 fully saturated rings. The maximum absolute atomic E-state index is 15.4. The Kier molecular flexibility index (Phi) is 10.1. The number of aromatic nitrogens is 1. The molecule has 0 amide bonds. The van der Waals surface area contributed by atoms with Crippen LogP contribution in [0.4, 0.5) is 4.39 Å². The number of benzene rings is 1. The Hall–Kier alpha value is -4.30. The van der Waals surface area contributed by atoms with Crippen LogP contribution < -0.4 is 18.9 Å². The lowest BCUT2D eigenvalue weighted by molar-refractivity contribution is -0.141. The Bertz CT molecular complexity index is 1700. The Morgan fingerprint density at radius 3 is 2.21 bits per heavy atom. The number of hydrogen-bond donors (Lipinski definition) is 2. The number of pyridine rings is 1. The maximum Gasteiger partial charge on any atom is 0.306 e. The van der Waals surface area contributed by atoms with Gasteiger partial charge in [-0.3, -0.25) is 19.2 Å². The molecule has 2 N–H and O–H groups in total. The highest BCUT2D eigenvalue weighted by molar-refractivity contribution is 7.21. The minimum Gasteiger partial charge on any atom is -0.493 e. The number of ether oxygens (including phenoxy) is 4. The molecule has 11 nitrogen and oxygen atoms in total. The number of thiophene rings is 2. The van der Waals surface area contributed by atoms with Crippen molar-refractivity contribution in [2.45, 2.75) is 32.6 Å². The topological polar surface area (TPSA) is 159 Å². The maximum atomic E-state index is 15.4. The zero-order chi connectivity index (χ0) is 31.3. The van der Waals surface area contributed by atoms with Crippen molar-refractivity contribution in [3.8, 4) is 23.1 Å². The molecule has 0 radical (unpaired) electrons. The number of rotatable bonds is 16. The van der Waals surface area contributed by atoms with Crippen LogP contribution in [0.25, 0.3) is 20.3 Å². The Morgan fingerprint density at radius 2 is 1.53 bits per heavy atom. The standard InChI is InChI=1S/C29H28FNO10S2/c1-14(29(36)37)9-18(33)23-10-15-21(42-23)12-19(38-2)27(26(15)30)40-7-4-8-41-28-20(39-3)13-22-16(31-28)11-24(43-22)17(32)5-6-25(34)35/h10-14H,4-9H2,1-3H3,(H,34,35)(H,36,37)/t14-/m0/s1. The molecule has 0 aliphatic rings. The minimum atomic E-state index is -1.08. The first-order valence-corrected chi connectivity index (χ1v) is 14.7. The molecular formula is C29H28FNO10S2. The monoisotopic (exact) mass is 633 g/mol. The fourth-order valence-electron chi connectivity index (χ4n) is 4.05. The van der Waals surface area contributed by atoms with Crippen molar-refractivity contribution in [2.75, 3.05) is 27.4 Å². The highest BCUT2D eigenvalue weighted by Gasteiger charge is 2.23. The molecule has 0 bridgehead atoms. The van der Waals surface area contributed by atoms with E-state index < -0.39 is 23.7 Å². The van der Waals surface area contributed by atoms with E-state index in [1.807, 2.05) is 0 Å². The molecule has 0 unspecified atom stereocenters. The number of Topliss-reactive ketones (excluding diaryl/α,β-unsaturated/α-hetero) is 2. The minimum absolute atomic E-state index is 0.0517. The number of methoxy groups -OCH3 is 2. The molecule has 1 atom stereocenters. The number of carboxylic acid groups (broad SMARTS) is 2. The molecule has 3 heterocycles. The first-order chi connectivity index (χ1) is 20.5. The van der Waals surface area contributed by atoms with Gasteiger partial charge in [-0.05, 0) is 12.1 Å². The number of aliphatic carboxylic acids is 2. The summed E-state index contributed by atoms with van der Waals surface area (Å²) in [6.07, 6.45) is -0.244. The van der Waals surface area contributed by atoms with Crippen molar-refractivity contribution >= 4 is 66.5 Å². The van der Waals surface area contributed by atoms with E-state index in [2.05, 4.69) is 4.98 Å². The number of nitrogens with zero attached hydrogens (tertiary/aromatic N) is 1. The lowest BCUT2D eigenvalue weighted by atomic mass is 10.0. The first kappa shape index (κ1) is 31.6. The van der Waals surface area contributed by atoms with Crippen molar-refractivity contribution < 1.29 is 52.7 Å². The van der Waals surface area contributed by atoms with Crippen LogP contribution in [0.1, 0.15) is 52.0 Å². The summed E-state index contributed by atoms with van der Waals surface area (Å²) in [6, 6.07) is 6.23. The number of ketones is 2. The van der Waals surface area contributed by atoms with Crippen molar-refractivity contribution in [1.82, 2.24) is 4.98 Å². The van der Waals surface area contributed by atoms with Crippen molar-refractivity contribution in [1.29, 1.82) is 0 Å². The number of fused-ring (bicyclic) bond motifs is 2. The van der Waals surface area contributed by atoms with Gasteiger partial charge in [-0.1, -0.05) is 6.92 Å². The zero-order valence-corrected chi connectivity index (χ0v) is 25.1. The summed E-state index contributed by atoms with van der Waals surface area (Å²) in [4.78, 5) is 51.8. The summed E-state index contributed by atoms with van der Waals surface area (Å²) in [6.45, 7) is 1.62. The van der Waals surface area contributed by atoms with Gasteiger partial charge in [0, 0.05) is 41.5 Å². The summed E-state index contributed by atoms with van der Waals surface area (Å²) in [5.41, 5.74) is 0.502. The van der Waals surface area contributed by atoms with E-state index in [4.69, 9.17) is 29.2 Å². The van der Waals surface area contributed by atoms with Crippen LogP contribution in [-0.2, 0) is 9.59 Å². The first-order valence-electron chi connectivity index (χ1n) is 13.1. The quantitative estimate of drug-likeness (QED) is 0.112. The van der Waals surface area contributed by atoms with Crippen molar-refractivity contribution in [3.05, 3.63) is 39.8 Å². The molecule has 14 heteroatoms. The Balaban J connectivity index is 1.41. The molecule has 0 aliphatic heterocycles. The average molecular weight is 634 g/mol. The fraction of sp³-hybridized carbons (Fsp3) is 0.345. The van der Waals surface area contributed by atoms with Gasteiger partial charge in [0.05, 0.1) is 59.7 Å². The molecule has 4 aromatic rings. The van der Waals surface area contributed by atoms with Crippen LogP contribution in [0, 0.1) is 11.7 Å². The predicted octanol–water partition coefficient (Wildman–Crippen LogP) is 5.86. The molecule has 1 aromatic carbocycles. The van der Waals surface area contributed by atoms with E-state index in [-0.39, 0.29) is 71.7 Å². The summed E-state index contributed by atoms with van der Waals surface area (Å²) < 4.78 is 38.7. The second-order valence-electron chi connectivity index (χ2n) is 9.47. The van der Waals surface area contributed by atoms with Gasteiger partial charge < -0.3 is 29.2 Å². The van der Waals surface area contributed by atoms with Gasteiger partial charge in [0.25, 0.3) is 5.88 Å². The Labute approximate surface area is 252 Å². The van der Waals surface area contributed by atoms with Gasteiger partial charge in [0.1, 0.15) is 0 Å². The van der Waals surface area contributed by atoms with E-state index in [9.17, 15) is 19.2 Å². The van der Waals surface area contributed by atoms with Crippen LogP contribution in [0.3, 0.4) is 0 Å². The summed E-state index contributed by atoms with van der Waals surface area (Å²) in [5, 5.41) is 18.1. The third kappa shape index (κ3) is 7.38. The van der Waals surface area contributed by atoms with E-state index in [0.717, 1.165) is 11.3 Å². The molecule has 43 heavy (non-hydrogen) atoms. The van der Waals surface area contributed by atoms with Gasteiger partial charge in [0.2, 0.25) is 0 Å². The van der Waals surface area contributed by atoms with Crippen molar-refractivity contribution in [3.63, 3.8) is 0 Å². The molecule has 0 saturated heterocycles. The third-order valence-corrected chi connectivity index (χ3v) is 8.60. The lowest BCUT2D eigenvalue weighted by Crippen LogP contribution is -2.13. The van der Waals surface area contributed by atoms with E-state index in [1.54, 1.807) is 18.2 Å². The molecule has 3 aromatic heterocycles.